The number of nitrogens with zero attached hydrogens (tertiary/aromatic N) is 2. The first-order chi connectivity index (χ1) is 16.6. The first kappa shape index (κ1) is 26.6. The second-order valence-electron chi connectivity index (χ2n) is 8.10. The Morgan fingerprint density at radius 3 is 1.22 bits per heavy atom. The van der Waals surface area contributed by atoms with Crippen LogP contribution in [0.2, 0.25) is 0 Å². The molecule has 0 bridgehead atoms. The zero-order valence-electron chi connectivity index (χ0n) is 19.6. The molecule has 0 heterocycles. The molecule has 3 aromatic rings. The van der Waals surface area contributed by atoms with Crippen molar-refractivity contribution in [1.82, 2.24) is 0 Å². The van der Waals surface area contributed by atoms with E-state index in [-0.39, 0.29) is 43.7 Å². The summed E-state index contributed by atoms with van der Waals surface area (Å²) in [5.74, 6) is 0. The molecule has 0 saturated carbocycles. The van der Waals surface area contributed by atoms with Gasteiger partial charge in [0.25, 0.3) is 31.4 Å². The maximum absolute atomic E-state index is 13.0. The molecule has 190 valence electrons. The second kappa shape index (κ2) is 9.54. The fraction of sp³-hybridized carbons (Fsp3) is 0.182. The average molecular weight is 535 g/mol. The number of sulfonamides is 2. The highest BCUT2D eigenvalue weighted by atomic mass is 32.2. The number of nitro benzene ring substituents is 2. The van der Waals surface area contributed by atoms with Crippen molar-refractivity contribution in [3.8, 4) is 0 Å². The van der Waals surface area contributed by atoms with Gasteiger partial charge in [-0.1, -0.05) is 12.1 Å². The zero-order valence-corrected chi connectivity index (χ0v) is 21.2. The lowest BCUT2D eigenvalue weighted by Gasteiger charge is -2.17. The summed E-state index contributed by atoms with van der Waals surface area (Å²) in [6.07, 6.45) is 0. The molecule has 0 radical (unpaired) electrons. The molecule has 0 amide bonds. The monoisotopic (exact) mass is 534 g/mol. The fourth-order valence-electron chi connectivity index (χ4n) is 3.30. The number of hydrogen-bond acceptors (Lipinski definition) is 8. The average Bonchev–Trinajstić information content (AvgIpc) is 2.76. The number of aryl methyl sites for hydroxylation is 4. The van der Waals surface area contributed by atoms with Crippen molar-refractivity contribution in [1.29, 1.82) is 0 Å². The number of nitro groups is 2. The van der Waals surface area contributed by atoms with Crippen LogP contribution >= 0.6 is 0 Å². The third-order valence-corrected chi connectivity index (χ3v) is 8.22. The van der Waals surface area contributed by atoms with Crippen LogP contribution in [0.15, 0.2) is 58.3 Å². The van der Waals surface area contributed by atoms with Crippen LogP contribution in [-0.2, 0) is 20.0 Å². The molecule has 12 nitrogen and oxygen atoms in total. The van der Waals surface area contributed by atoms with Gasteiger partial charge < -0.3 is 0 Å². The van der Waals surface area contributed by atoms with Crippen LogP contribution in [0.1, 0.15) is 22.3 Å². The Kier molecular flexibility index (Phi) is 7.04. The van der Waals surface area contributed by atoms with E-state index in [4.69, 9.17) is 0 Å². The standard InChI is InChI=1S/C22H22N4O8S2/c1-13-5-7-17(11-21(13)25(27)28)35(31,32)23-19-9-15(3)16(4)10-20(19)24-36(33,34)18-8-6-14(2)22(12-18)26(29)30/h5-12,23-24H,1-4H3. The molecule has 14 heteroatoms. The summed E-state index contributed by atoms with van der Waals surface area (Å²) in [5.41, 5.74) is 0.766. The maximum Gasteiger partial charge on any atom is 0.273 e. The molecule has 0 aliphatic heterocycles. The number of anilines is 2. The fourth-order valence-corrected chi connectivity index (χ4v) is 5.48. The van der Waals surface area contributed by atoms with Crippen molar-refractivity contribution >= 4 is 42.8 Å². The molecule has 0 atom stereocenters. The van der Waals surface area contributed by atoms with E-state index in [0.29, 0.717) is 11.1 Å². The van der Waals surface area contributed by atoms with Gasteiger partial charge in [-0.05, 0) is 63.1 Å². The highest BCUT2D eigenvalue weighted by molar-refractivity contribution is 7.93. The molecule has 0 unspecified atom stereocenters. The predicted octanol–water partition coefficient (Wildman–Crippen LogP) is 4.34. The SMILES string of the molecule is Cc1cc(NS(=O)(=O)c2ccc(C)c([N+](=O)[O-])c2)c(NS(=O)(=O)c2ccc(C)c([N+](=O)[O-])c2)cc1C. The van der Waals surface area contributed by atoms with Gasteiger partial charge in [0.15, 0.2) is 0 Å². The van der Waals surface area contributed by atoms with Crippen molar-refractivity contribution in [3.63, 3.8) is 0 Å². The maximum atomic E-state index is 13.0. The van der Waals surface area contributed by atoms with Gasteiger partial charge in [0.1, 0.15) is 0 Å². The van der Waals surface area contributed by atoms with E-state index in [2.05, 4.69) is 9.44 Å². The summed E-state index contributed by atoms with van der Waals surface area (Å²) in [5, 5.41) is 22.5. The second-order valence-corrected chi connectivity index (χ2v) is 11.5. The third kappa shape index (κ3) is 5.44. The largest absolute Gasteiger partial charge is 0.277 e. The molecular formula is C22H22N4O8S2. The van der Waals surface area contributed by atoms with Gasteiger partial charge in [0, 0.05) is 23.3 Å². The molecular weight excluding hydrogens is 512 g/mol. The quantitative estimate of drug-likeness (QED) is 0.316. The minimum atomic E-state index is -4.36. The molecule has 0 spiro atoms. The Balaban J connectivity index is 2.06. The van der Waals surface area contributed by atoms with Crippen LogP contribution in [0, 0.1) is 47.9 Å². The summed E-state index contributed by atoms with van der Waals surface area (Å²) in [6, 6.07) is 9.61. The zero-order chi connectivity index (χ0) is 27.0. The molecule has 3 rings (SSSR count). The van der Waals surface area contributed by atoms with E-state index in [0.717, 1.165) is 12.1 Å². The van der Waals surface area contributed by atoms with Crippen LogP contribution in [0.5, 0.6) is 0 Å². The molecule has 0 aliphatic rings. The van der Waals surface area contributed by atoms with E-state index in [1.54, 1.807) is 13.8 Å². The topological polar surface area (TPSA) is 179 Å². The number of benzene rings is 3. The Morgan fingerprint density at radius 1 is 0.583 bits per heavy atom. The van der Waals surface area contributed by atoms with Crippen LogP contribution in [-0.4, -0.2) is 26.7 Å². The molecule has 0 saturated heterocycles. The third-order valence-electron chi connectivity index (χ3n) is 5.50. The van der Waals surface area contributed by atoms with E-state index < -0.39 is 29.9 Å². The smallest absolute Gasteiger partial charge is 0.273 e. The molecule has 2 N–H and O–H groups in total. The van der Waals surface area contributed by atoms with Crippen molar-refractivity contribution in [2.45, 2.75) is 37.5 Å². The van der Waals surface area contributed by atoms with Gasteiger partial charge >= 0.3 is 0 Å². The van der Waals surface area contributed by atoms with Crippen molar-refractivity contribution in [2.75, 3.05) is 9.44 Å². The first-order valence-electron chi connectivity index (χ1n) is 10.3. The summed E-state index contributed by atoms with van der Waals surface area (Å²) in [6.45, 7) is 6.30. The van der Waals surface area contributed by atoms with Crippen molar-refractivity contribution < 1.29 is 26.7 Å². The molecule has 36 heavy (non-hydrogen) atoms. The van der Waals surface area contributed by atoms with Gasteiger partial charge in [-0.3, -0.25) is 29.7 Å². The normalized spacial score (nSPS) is 11.7. The van der Waals surface area contributed by atoms with Gasteiger partial charge in [-0.25, -0.2) is 16.8 Å². The van der Waals surface area contributed by atoms with E-state index in [1.165, 1.54) is 50.2 Å². The Labute approximate surface area is 207 Å². The van der Waals surface area contributed by atoms with Crippen LogP contribution < -0.4 is 9.44 Å². The van der Waals surface area contributed by atoms with E-state index in [9.17, 15) is 37.1 Å². The van der Waals surface area contributed by atoms with Crippen LogP contribution in [0.25, 0.3) is 0 Å². The summed E-state index contributed by atoms with van der Waals surface area (Å²) in [4.78, 5) is 20.3. The lowest BCUT2D eigenvalue weighted by atomic mass is 10.1. The van der Waals surface area contributed by atoms with Crippen molar-refractivity contribution in [2.24, 2.45) is 0 Å². The van der Waals surface area contributed by atoms with E-state index >= 15 is 0 Å². The minimum Gasteiger partial charge on any atom is -0.277 e. The van der Waals surface area contributed by atoms with Gasteiger partial charge in [-0.2, -0.15) is 0 Å². The van der Waals surface area contributed by atoms with Gasteiger partial charge in [-0.15, -0.1) is 0 Å². The Bertz CT molecular complexity index is 1500. The summed E-state index contributed by atoms with van der Waals surface area (Å²) >= 11 is 0. The summed E-state index contributed by atoms with van der Waals surface area (Å²) < 4.78 is 56.7. The Hall–Kier alpha value is -4.04. The lowest BCUT2D eigenvalue weighted by molar-refractivity contribution is -0.385. The molecule has 0 aromatic heterocycles. The number of rotatable bonds is 8. The van der Waals surface area contributed by atoms with Crippen LogP contribution in [0.3, 0.4) is 0 Å². The molecule has 0 fully saturated rings. The predicted molar refractivity (Wildman–Crippen MR) is 133 cm³/mol. The van der Waals surface area contributed by atoms with Crippen LogP contribution in [0.4, 0.5) is 22.7 Å². The lowest BCUT2D eigenvalue weighted by Crippen LogP contribution is -2.18. The molecule has 0 aliphatic carbocycles. The number of nitrogens with one attached hydrogen (secondary N) is 2. The number of hydrogen-bond donors (Lipinski definition) is 2. The van der Waals surface area contributed by atoms with Gasteiger partial charge in [0.2, 0.25) is 0 Å². The van der Waals surface area contributed by atoms with Gasteiger partial charge in [0.05, 0.1) is 31.0 Å². The first-order valence-corrected chi connectivity index (χ1v) is 13.3. The van der Waals surface area contributed by atoms with Crippen molar-refractivity contribution in [3.05, 3.63) is 91.0 Å². The summed E-state index contributed by atoms with van der Waals surface area (Å²) in [7, 11) is -8.72. The Morgan fingerprint density at radius 2 is 0.917 bits per heavy atom. The highest BCUT2D eigenvalue weighted by Gasteiger charge is 2.24. The molecule has 3 aromatic carbocycles. The van der Waals surface area contributed by atoms with E-state index in [1.807, 2.05) is 0 Å². The highest BCUT2D eigenvalue weighted by Crippen LogP contribution is 2.32. The minimum absolute atomic E-state index is 0.133.